The Morgan fingerprint density at radius 2 is 1.92 bits per heavy atom. The SMILES string of the molecule is CN=C(NCCS(=O)c1ccccc1)NC1CCN(CC(C)C)CC1.I. The minimum Gasteiger partial charge on any atom is -0.355 e. The molecule has 2 rings (SSSR count). The molecular formula is C19H33IN4OS. The van der Waals surface area contributed by atoms with Gasteiger partial charge in [-0.15, -0.1) is 24.0 Å². The van der Waals surface area contributed by atoms with Crippen LogP contribution in [0.4, 0.5) is 0 Å². The van der Waals surface area contributed by atoms with Crippen LogP contribution in [0.5, 0.6) is 0 Å². The summed E-state index contributed by atoms with van der Waals surface area (Å²) in [7, 11) is 0.818. The number of rotatable bonds is 7. The quantitative estimate of drug-likeness (QED) is 0.349. The van der Waals surface area contributed by atoms with Crippen molar-refractivity contribution in [3.63, 3.8) is 0 Å². The summed E-state index contributed by atoms with van der Waals surface area (Å²) in [6.45, 7) is 8.67. The van der Waals surface area contributed by atoms with E-state index >= 15 is 0 Å². The normalized spacial score (nSPS) is 17.6. The summed E-state index contributed by atoms with van der Waals surface area (Å²) < 4.78 is 12.2. The Balaban J connectivity index is 0.00000338. The fourth-order valence-corrected chi connectivity index (χ4v) is 4.10. The van der Waals surface area contributed by atoms with Gasteiger partial charge < -0.3 is 15.5 Å². The highest BCUT2D eigenvalue weighted by Gasteiger charge is 2.20. The molecule has 5 nitrogen and oxygen atoms in total. The van der Waals surface area contributed by atoms with E-state index in [1.165, 1.54) is 6.54 Å². The van der Waals surface area contributed by atoms with Crippen molar-refractivity contribution in [1.82, 2.24) is 15.5 Å². The Bertz CT molecular complexity index is 560. The van der Waals surface area contributed by atoms with Crippen molar-refractivity contribution in [3.05, 3.63) is 30.3 Å². The van der Waals surface area contributed by atoms with Gasteiger partial charge in [-0.1, -0.05) is 32.0 Å². The monoisotopic (exact) mass is 492 g/mol. The van der Waals surface area contributed by atoms with Crippen LogP contribution >= 0.6 is 24.0 Å². The maximum absolute atomic E-state index is 12.2. The molecule has 0 aromatic heterocycles. The second-order valence-electron chi connectivity index (χ2n) is 6.97. The molecule has 1 aliphatic rings. The molecule has 1 aromatic carbocycles. The molecule has 1 saturated heterocycles. The molecule has 1 aromatic rings. The summed E-state index contributed by atoms with van der Waals surface area (Å²) in [6.07, 6.45) is 2.28. The number of nitrogens with one attached hydrogen (secondary N) is 2. The minimum absolute atomic E-state index is 0. The average Bonchev–Trinajstić information content (AvgIpc) is 2.62. The Kier molecular flexibility index (Phi) is 11.4. The summed E-state index contributed by atoms with van der Waals surface area (Å²) >= 11 is 0. The van der Waals surface area contributed by atoms with Crippen molar-refractivity contribution in [3.8, 4) is 0 Å². The van der Waals surface area contributed by atoms with Gasteiger partial charge in [0.15, 0.2) is 5.96 Å². The number of piperidine rings is 1. The van der Waals surface area contributed by atoms with Gasteiger partial charge in [0.25, 0.3) is 0 Å². The van der Waals surface area contributed by atoms with Crippen LogP contribution in [0.25, 0.3) is 0 Å². The maximum Gasteiger partial charge on any atom is 0.191 e. The molecule has 1 atom stereocenters. The zero-order valence-corrected chi connectivity index (χ0v) is 19.3. The molecule has 0 aliphatic carbocycles. The fraction of sp³-hybridized carbons (Fsp3) is 0.632. The van der Waals surface area contributed by atoms with E-state index in [2.05, 4.69) is 34.4 Å². The number of likely N-dealkylation sites (tertiary alicyclic amines) is 1. The second kappa shape index (κ2) is 12.7. The van der Waals surface area contributed by atoms with Gasteiger partial charge in [0.1, 0.15) is 0 Å². The number of guanidine groups is 1. The Hall–Kier alpha value is -0.670. The molecule has 2 N–H and O–H groups in total. The predicted octanol–water partition coefficient (Wildman–Crippen LogP) is 2.70. The van der Waals surface area contributed by atoms with Crippen LogP contribution in [-0.2, 0) is 10.8 Å². The van der Waals surface area contributed by atoms with Crippen LogP contribution in [0, 0.1) is 5.92 Å². The van der Waals surface area contributed by atoms with E-state index in [-0.39, 0.29) is 24.0 Å². The third kappa shape index (κ3) is 8.35. The summed E-state index contributed by atoms with van der Waals surface area (Å²) in [5, 5.41) is 6.80. The fourth-order valence-electron chi connectivity index (χ4n) is 3.12. The first-order valence-electron chi connectivity index (χ1n) is 9.21. The number of hydrogen-bond acceptors (Lipinski definition) is 3. The average molecular weight is 492 g/mol. The van der Waals surface area contributed by atoms with Crippen LogP contribution in [0.3, 0.4) is 0 Å². The molecule has 0 spiro atoms. The highest BCUT2D eigenvalue weighted by atomic mass is 127. The smallest absolute Gasteiger partial charge is 0.191 e. The van der Waals surface area contributed by atoms with Crippen molar-refractivity contribution in [1.29, 1.82) is 0 Å². The lowest BCUT2D eigenvalue weighted by Gasteiger charge is -2.33. The van der Waals surface area contributed by atoms with Gasteiger partial charge in [0.2, 0.25) is 0 Å². The van der Waals surface area contributed by atoms with Crippen LogP contribution in [-0.4, -0.2) is 60.1 Å². The maximum atomic E-state index is 12.2. The molecule has 0 amide bonds. The number of halogens is 1. The molecule has 148 valence electrons. The molecular weight excluding hydrogens is 459 g/mol. The summed E-state index contributed by atoms with van der Waals surface area (Å²) in [5.74, 6) is 2.12. The zero-order valence-electron chi connectivity index (χ0n) is 16.1. The number of benzene rings is 1. The predicted molar refractivity (Wildman–Crippen MR) is 122 cm³/mol. The standard InChI is InChI=1S/C19H32N4OS.HI/c1-16(2)15-23-12-9-17(10-13-23)22-19(20-3)21-11-14-25(24)18-7-5-4-6-8-18;/h4-8,16-17H,9-15H2,1-3H3,(H2,20,21,22);1H. The Labute approximate surface area is 177 Å². The van der Waals surface area contributed by atoms with Gasteiger partial charge in [-0.25, -0.2) is 0 Å². The van der Waals surface area contributed by atoms with Gasteiger partial charge in [-0.2, -0.15) is 0 Å². The topological polar surface area (TPSA) is 56.7 Å². The molecule has 0 bridgehead atoms. The largest absolute Gasteiger partial charge is 0.355 e. The van der Waals surface area contributed by atoms with E-state index in [9.17, 15) is 4.21 Å². The molecule has 0 radical (unpaired) electrons. The van der Waals surface area contributed by atoms with Crippen LogP contribution in [0.2, 0.25) is 0 Å². The van der Waals surface area contributed by atoms with E-state index < -0.39 is 10.8 Å². The first-order chi connectivity index (χ1) is 12.1. The third-order valence-electron chi connectivity index (χ3n) is 4.36. The van der Waals surface area contributed by atoms with Crippen molar-refractivity contribution >= 4 is 40.7 Å². The highest BCUT2D eigenvalue weighted by molar-refractivity contribution is 14.0. The number of nitrogens with zero attached hydrogens (tertiary/aromatic N) is 2. The molecule has 1 heterocycles. The molecule has 1 unspecified atom stereocenters. The third-order valence-corrected chi connectivity index (χ3v) is 5.73. The summed E-state index contributed by atoms with van der Waals surface area (Å²) in [6, 6.07) is 10.1. The van der Waals surface area contributed by atoms with E-state index in [0.717, 1.165) is 42.7 Å². The molecule has 1 fully saturated rings. The van der Waals surface area contributed by atoms with Gasteiger partial charge in [-0.05, 0) is 30.9 Å². The van der Waals surface area contributed by atoms with E-state index in [0.29, 0.717) is 18.3 Å². The van der Waals surface area contributed by atoms with Crippen LogP contribution in [0.1, 0.15) is 26.7 Å². The van der Waals surface area contributed by atoms with Crippen molar-refractivity contribution in [2.24, 2.45) is 10.9 Å². The van der Waals surface area contributed by atoms with Crippen molar-refractivity contribution in [2.75, 3.05) is 39.0 Å². The second-order valence-corrected chi connectivity index (χ2v) is 8.55. The van der Waals surface area contributed by atoms with E-state index in [1.54, 1.807) is 7.05 Å². The summed E-state index contributed by atoms with van der Waals surface area (Å²) in [4.78, 5) is 7.72. The van der Waals surface area contributed by atoms with E-state index in [1.807, 2.05) is 30.3 Å². The highest BCUT2D eigenvalue weighted by Crippen LogP contribution is 2.12. The van der Waals surface area contributed by atoms with Crippen molar-refractivity contribution in [2.45, 2.75) is 37.6 Å². The first kappa shape index (κ1) is 23.4. The van der Waals surface area contributed by atoms with Gasteiger partial charge in [0, 0.05) is 49.9 Å². The lowest BCUT2D eigenvalue weighted by Crippen LogP contribution is -2.49. The van der Waals surface area contributed by atoms with E-state index in [4.69, 9.17) is 0 Å². The Morgan fingerprint density at radius 1 is 1.27 bits per heavy atom. The van der Waals surface area contributed by atoms with Crippen molar-refractivity contribution < 1.29 is 4.21 Å². The summed E-state index contributed by atoms with van der Waals surface area (Å²) in [5.41, 5.74) is 0. The minimum atomic E-state index is -0.971. The molecule has 7 heteroatoms. The van der Waals surface area contributed by atoms with Crippen LogP contribution in [0.15, 0.2) is 40.2 Å². The lowest BCUT2D eigenvalue weighted by molar-refractivity contribution is 0.187. The van der Waals surface area contributed by atoms with Crippen LogP contribution < -0.4 is 10.6 Å². The Morgan fingerprint density at radius 3 is 2.50 bits per heavy atom. The van der Waals surface area contributed by atoms with Gasteiger partial charge >= 0.3 is 0 Å². The van der Waals surface area contributed by atoms with Gasteiger partial charge in [0.05, 0.1) is 10.8 Å². The lowest BCUT2D eigenvalue weighted by atomic mass is 10.0. The molecule has 0 saturated carbocycles. The zero-order chi connectivity index (χ0) is 18.1. The number of hydrogen-bond donors (Lipinski definition) is 2. The first-order valence-corrected chi connectivity index (χ1v) is 10.5. The molecule has 26 heavy (non-hydrogen) atoms. The van der Waals surface area contributed by atoms with Gasteiger partial charge in [-0.3, -0.25) is 9.20 Å². The number of aliphatic imine (C=N–C) groups is 1. The molecule has 1 aliphatic heterocycles.